The van der Waals surface area contributed by atoms with Gasteiger partial charge in [0.15, 0.2) is 0 Å². The Hall–Kier alpha value is -1.81. The Morgan fingerprint density at radius 1 is 1.14 bits per heavy atom. The Labute approximate surface area is 131 Å². The fourth-order valence-corrected chi connectivity index (χ4v) is 2.93. The number of nitrogens with one attached hydrogen (secondary N) is 2. The van der Waals surface area contributed by atoms with Crippen LogP contribution in [0.5, 0.6) is 0 Å². The van der Waals surface area contributed by atoms with Crippen LogP contribution in [0.15, 0.2) is 24.3 Å². The van der Waals surface area contributed by atoms with E-state index in [4.69, 9.17) is 0 Å². The number of hydrogen-bond acceptors (Lipinski definition) is 2. The molecule has 1 amide bonds. The van der Waals surface area contributed by atoms with E-state index in [1.54, 1.807) is 0 Å². The molecule has 1 aromatic carbocycles. The predicted molar refractivity (Wildman–Crippen MR) is 90.4 cm³/mol. The minimum absolute atomic E-state index is 0.109. The molecule has 2 heterocycles. The van der Waals surface area contributed by atoms with Crippen molar-refractivity contribution in [3.8, 4) is 0 Å². The molecule has 2 N–H and O–H groups in total. The van der Waals surface area contributed by atoms with Crippen molar-refractivity contribution in [3.63, 3.8) is 0 Å². The Morgan fingerprint density at radius 2 is 1.95 bits per heavy atom. The van der Waals surface area contributed by atoms with Crippen LogP contribution in [0.25, 0.3) is 10.9 Å². The van der Waals surface area contributed by atoms with Gasteiger partial charge in [0, 0.05) is 30.5 Å². The highest BCUT2D eigenvalue weighted by atomic mass is 16.2. The number of carbonyl (C=O) groups is 1. The van der Waals surface area contributed by atoms with Crippen LogP contribution in [0.4, 0.5) is 0 Å². The van der Waals surface area contributed by atoms with E-state index in [-0.39, 0.29) is 11.3 Å². The van der Waals surface area contributed by atoms with Gasteiger partial charge < -0.3 is 15.2 Å². The van der Waals surface area contributed by atoms with Crippen molar-refractivity contribution in [3.05, 3.63) is 35.5 Å². The highest BCUT2D eigenvalue weighted by molar-refractivity contribution is 5.98. The molecule has 0 radical (unpaired) electrons. The maximum Gasteiger partial charge on any atom is 0.270 e. The van der Waals surface area contributed by atoms with E-state index in [1.807, 2.05) is 11.0 Å². The first-order chi connectivity index (χ1) is 10.4. The van der Waals surface area contributed by atoms with Gasteiger partial charge in [-0.05, 0) is 42.1 Å². The molecule has 1 aliphatic heterocycles. The van der Waals surface area contributed by atoms with Crippen molar-refractivity contribution in [2.45, 2.75) is 32.6 Å². The summed E-state index contributed by atoms with van der Waals surface area (Å²) in [6, 6.07) is 8.40. The van der Waals surface area contributed by atoms with Crippen LogP contribution in [0.3, 0.4) is 0 Å². The van der Waals surface area contributed by atoms with E-state index in [9.17, 15) is 4.79 Å². The van der Waals surface area contributed by atoms with Gasteiger partial charge in [-0.3, -0.25) is 4.79 Å². The van der Waals surface area contributed by atoms with Crippen LogP contribution in [0, 0.1) is 0 Å². The van der Waals surface area contributed by atoms with Crippen LogP contribution >= 0.6 is 0 Å². The topological polar surface area (TPSA) is 48.1 Å². The third-order valence-corrected chi connectivity index (χ3v) is 4.34. The molecule has 0 bridgehead atoms. The summed E-state index contributed by atoms with van der Waals surface area (Å²) in [5.41, 5.74) is 3.13. The van der Waals surface area contributed by atoms with Gasteiger partial charge in [0.1, 0.15) is 5.69 Å². The fourth-order valence-electron chi connectivity index (χ4n) is 2.93. The Morgan fingerprint density at radius 3 is 2.73 bits per heavy atom. The van der Waals surface area contributed by atoms with Gasteiger partial charge in [-0.25, -0.2) is 0 Å². The van der Waals surface area contributed by atoms with Crippen LogP contribution in [-0.2, 0) is 5.41 Å². The van der Waals surface area contributed by atoms with Gasteiger partial charge in [-0.1, -0.05) is 26.8 Å². The number of rotatable bonds is 1. The lowest BCUT2D eigenvalue weighted by atomic mass is 9.86. The molecule has 0 atom stereocenters. The summed E-state index contributed by atoms with van der Waals surface area (Å²) in [5, 5.41) is 4.44. The third kappa shape index (κ3) is 3.02. The zero-order valence-electron chi connectivity index (χ0n) is 13.7. The first kappa shape index (κ1) is 15.1. The molecule has 1 saturated heterocycles. The third-order valence-electron chi connectivity index (χ3n) is 4.34. The maximum absolute atomic E-state index is 12.7. The summed E-state index contributed by atoms with van der Waals surface area (Å²) in [5.74, 6) is 0.109. The Bertz CT molecular complexity index is 673. The highest BCUT2D eigenvalue weighted by Crippen LogP contribution is 2.26. The lowest BCUT2D eigenvalue weighted by molar-refractivity contribution is 0.0761. The van der Waals surface area contributed by atoms with Gasteiger partial charge >= 0.3 is 0 Å². The fraction of sp³-hybridized carbons (Fsp3) is 0.500. The molecule has 0 unspecified atom stereocenters. The van der Waals surface area contributed by atoms with E-state index in [1.165, 1.54) is 5.56 Å². The van der Waals surface area contributed by atoms with Gasteiger partial charge in [-0.2, -0.15) is 0 Å². The lowest BCUT2D eigenvalue weighted by Crippen LogP contribution is -2.34. The predicted octanol–water partition coefficient (Wildman–Crippen LogP) is 2.90. The number of carbonyl (C=O) groups excluding carboxylic acids is 1. The van der Waals surface area contributed by atoms with E-state index in [2.05, 4.69) is 49.3 Å². The average molecular weight is 299 g/mol. The highest BCUT2D eigenvalue weighted by Gasteiger charge is 2.20. The summed E-state index contributed by atoms with van der Waals surface area (Å²) >= 11 is 0. The van der Waals surface area contributed by atoms with E-state index >= 15 is 0 Å². The quantitative estimate of drug-likeness (QED) is 0.850. The first-order valence-corrected chi connectivity index (χ1v) is 8.08. The number of benzene rings is 1. The molecule has 1 aliphatic rings. The van der Waals surface area contributed by atoms with Crippen molar-refractivity contribution >= 4 is 16.8 Å². The van der Waals surface area contributed by atoms with Crippen molar-refractivity contribution in [1.29, 1.82) is 0 Å². The lowest BCUT2D eigenvalue weighted by Gasteiger charge is -2.18. The Balaban J connectivity index is 1.89. The second kappa shape index (κ2) is 5.76. The second-order valence-electron chi connectivity index (χ2n) is 7.13. The van der Waals surface area contributed by atoms with Gasteiger partial charge in [0.05, 0.1) is 0 Å². The van der Waals surface area contributed by atoms with Crippen molar-refractivity contribution < 1.29 is 4.79 Å². The number of fused-ring (bicyclic) bond motifs is 1. The molecule has 0 saturated carbocycles. The number of aromatic amines is 1. The number of amides is 1. The molecule has 4 heteroatoms. The average Bonchev–Trinajstić information content (AvgIpc) is 2.70. The molecule has 3 rings (SSSR count). The van der Waals surface area contributed by atoms with E-state index in [0.717, 1.165) is 43.5 Å². The molecule has 118 valence electrons. The molecule has 1 fully saturated rings. The molecular formula is C18H25N3O. The number of H-pyrrole nitrogens is 1. The minimum atomic E-state index is 0.109. The SMILES string of the molecule is CC(C)(C)c1ccc2[nH]c(C(=O)N3CCCNCC3)cc2c1. The zero-order valence-corrected chi connectivity index (χ0v) is 13.7. The number of aromatic nitrogens is 1. The van der Waals surface area contributed by atoms with Crippen LogP contribution in [0.1, 0.15) is 43.2 Å². The molecule has 2 aromatic rings. The largest absolute Gasteiger partial charge is 0.351 e. The van der Waals surface area contributed by atoms with Crippen LogP contribution < -0.4 is 5.32 Å². The van der Waals surface area contributed by atoms with Gasteiger partial charge in [-0.15, -0.1) is 0 Å². The number of hydrogen-bond donors (Lipinski definition) is 2. The summed E-state index contributed by atoms with van der Waals surface area (Å²) in [6.07, 6.45) is 1.01. The van der Waals surface area contributed by atoms with Gasteiger partial charge in [0.2, 0.25) is 0 Å². The maximum atomic E-state index is 12.7. The molecule has 0 spiro atoms. The van der Waals surface area contributed by atoms with Crippen molar-refractivity contribution in [2.24, 2.45) is 0 Å². The second-order valence-corrected chi connectivity index (χ2v) is 7.13. The number of nitrogens with zero attached hydrogens (tertiary/aromatic N) is 1. The summed E-state index contributed by atoms with van der Waals surface area (Å²) in [4.78, 5) is 17.9. The van der Waals surface area contributed by atoms with Crippen molar-refractivity contribution in [2.75, 3.05) is 26.2 Å². The first-order valence-electron chi connectivity index (χ1n) is 8.08. The molecular weight excluding hydrogens is 274 g/mol. The van der Waals surface area contributed by atoms with Crippen molar-refractivity contribution in [1.82, 2.24) is 15.2 Å². The zero-order chi connectivity index (χ0) is 15.7. The summed E-state index contributed by atoms with van der Waals surface area (Å²) in [6.45, 7) is 10.1. The van der Waals surface area contributed by atoms with E-state index in [0.29, 0.717) is 5.69 Å². The minimum Gasteiger partial charge on any atom is -0.351 e. The monoisotopic (exact) mass is 299 g/mol. The molecule has 22 heavy (non-hydrogen) atoms. The molecule has 1 aromatic heterocycles. The van der Waals surface area contributed by atoms with E-state index < -0.39 is 0 Å². The summed E-state index contributed by atoms with van der Waals surface area (Å²) < 4.78 is 0. The smallest absolute Gasteiger partial charge is 0.270 e. The Kier molecular flexibility index (Phi) is 3.96. The normalized spacial score (nSPS) is 16.8. The van der Waals surface area contributed by atoms with Crippen LogP contribution in [-0.4, -0.2) is 42.0 Å². The van der Waals surface area contributed by atoms with Crippen LogP contribution in [0.2, 0.25) is 0 Å². The standard InChI is InChI=1S/C18H25N3O/c1-18(2,3)14-5-6-15-13(11-14)12-16(20-15)17(22)21-9-4-7-19-8-10-21/h5-6,11-12,19-20H,4,7-10H2,1-3H3. The molecule has 0 aliphatic carbocycles. The molecule has 4 nitrogen and oxygen atoms in total. The van der Waals surface area contributed by atoms with Gasteiger partial charge in [0.25, 0.3) is 5.91 Å². The summed E-state index contributed by atoms with van der Waals surface area (Å²) in [7, 11) is 0.